The largest absolute Gasteiger partial charge is 0.494 e. The Bertz CT molecular complexity index is 588. The molecule has 0 bridgehead atoms. The van der Waals surface area contributed by atoms with E-state index in [1.807, 2.05) is 0 Å². The van der Waals surface area contributed by atoms with Crippen LogP contribution in [-0.4, -0.2) is 36.6 Å². The predicted octanol–water partition coefficient (Wildman–Crippen LogP) is 3.43. The second-order valence-corrected chi connectivity index (χ2v) is 5.43. The van der Waals surface area contributed by atoms with Crippen molar-refractivity contribution < 1.29 is 36.9 Å². The lowest BCUT2D eigenvalue weighted by molar-refractivity contribution is -0.278. The number of aliphatic hydroxyl groups is 1. The SMILES string of the molecule is CCOC(=O)C(O)(C(C)C(C)c1cccc(OC)c1F)C(F)(F)F. The summed E-state index contributed by atoms with van der Waals surface area (Å²) in [4.78, 5) is 11.8. The standard InChI is InChI=1S/C16H20F4O4/c1-5-24-14(21)15(22,16(18,19)20)10(3)9(2)11-7-6-8-12(23-4)13(11)17/h6-10,22H,5H2,1-4H3. The van der Waals surface area contributed by atoms with Gasteiger partial charge in [-0.3, -0.25) is 0 Å². The van der Waals surface area contributed by atoms with Gasteiger partial charge in [0.25, 0.3) is 5.60 Å². The van der Waals surface area contributed by atoms with Crippen molar-refractivity contribution in [2.24, 2.45) is 5.92 Å². The molecule has 0 heterocycles. The van der Waals surface area contributed by atoms with Crippen molar-refractivity contribution in [3.05, 3.63) is 29.6 Å². The third-order valence-corrected chi connectivity index (χ3v) is 4.13. The number of alkyl halides is 3. The number of hydrogen-bond acceptors (Lipinski definition) is 4. The highest BCUT2D eigenvalue weighted by atomic mass is 19.4. The molecule has 0 fully saturated rings. The summed E-state index contributed by atoms with van der Waals surface area (Å²) in [5.74, 6) is -5.62. The predicted molar refractivity (Wildman–Crippen MR) is 78.2 cm³/mol. The van der Waals surface area contributed by atoms with Gasteiger partial charge in [-0.05, 0) is 24.5 Å². The molecule has 8 heteroatoms. The molecule has 1 N–H and O–H groups in total. The lowest BCUT2D eigenvalue weighted by atomic mass is 9.76. The van der Waals surface area contributed by atoms with Gasteiger partial charge in [0.15, 0.2) is 11.6 Å². The van der Waals surface area contributed by atoms with Gasteiger partial charge in [-0.25, -0.2) is 9.18 Å². The van der Waals surface area contributed by atoms with Crippen molar-refractivity contribution >= 4 is 5.97 Å². The van der Waals surface area contributed by atoms with Gasteiger partial charge in [-0.1, -0.05) is 26.0 Å². The summed E-state index contributed by atoms with van der Waals surface area (Å²) in [6, 6.07) is 4.01. The van der Waals surface area contributed by atoms with Crippen LogP contribution in [0.1, 0.15) is 32.3 Å². The molecular formula is C16H20F4O4. The van der Waals surface area contributed by atoms with E-state index >= 15 is 0 Å². The van der Waals surface area contributed by atoms with E-state index in [1.165, 1.54) is 39.2 Å². The molecule has 24 heavy (non-hydrogen) atoms. The Kier molecular flexibility index (Phi) is 6.21. The lowest BCUT2D eigenvalue weighted by Crippen LogP contribution is -2.58. The monoisotopic (exact) mass is 352 g/mol. The van der Waals surface area contributed by atoms with Crippen molar-refractivity contribution in [1.82, 2.24) is 0 Å². The topological polar surface area (TPSA) is 55.8 Å². The molecule has 0 amide bonds. The van der Waals surface area contributed by atoms with Crippen LogP contribution in [0.3, 0.4) is 0 Å². The van der Waals surface area contributed by atoms with Gasteiger partial charge in [0, 0.05) is 5.92 Å². The van der Waals surface area contributed by atoms with Crippen LogP contribution < -0.4 is 4.74 Å². The fourth-order valence-corrected chi connectivity index (χ4v) is 2.47. The van der Waals surface area contributed by atoms with Crippen LogP contribution >= 0.6 is 0 Å². The summed E-state index contributed by atoms with van der Waals surface area (Å²) in [7, 11) is 1.22. The van der Waals surface area contributed by atoms with E-state index in [1.54, 1.807) is 0 Å². The highest BCUT2D eigenvalue weighted by Crippen LogP contribution is 2.44. The van der Waals surface area contributed by atoms with Crippen molar-refractivity contribution in [3.8, 4) is 5.75 Å². The summed E-state index contributed by atoms with van der Waals surface area (Å²) in [6.07, 6.45) is -5.28. The lowest BCUT2D eigenvalue weighted by Gasteiger charge is -2.36. The molecule has 0 aliphatic rings. The maximum Gasteiger partial charge on any atom is 0.428 e. The number of carbonyl (C=O) groups excluding carboxylic acids is 1. The minimum Gasteiger partial charge on any atom is -0.494 e. The molecule has 3 unspecified atom stereocenters. The molecule has 136 valence electrons. The molecule has 1 rings (SSSR count). The zero-order chi connectivity index (χ0) is 18.7. The third kappa shape index (κ3) is 3.48. The Morgan fingerprint density at radius 1 is 1.29 bits per heavy atom. The quantitative estimate of drug-likeness (QED) is 0.630. The van der Waals surface area contributed by atoms with E-state index in [0.717, 1.165) is 6.92 Å². The number of rotatable bonds is 6. The number of benzene rings is 1. The molecule has 3 atom stereocenters. The summed E-state index contributed by atoms with van der Waals surface area (Å²) in [5, 5.41) is 10.1. The zero-order valence-corrected chi connectivity index (χ0v) is 13.8. The molecule has 0 saturated heterocycles. The number of ether oxygens (including phenoxy) is 2. The van der Waals surface area contributed by atoms with Gasteiger partial charge < -0.3 is 14.6 Å². The number of carbonyl (C=O) groups is 1. The van der Waals surface area contributed by atoms with Gasteiger partial charge in [-0.15, -0.1) is 0 Å². The fourth-order valence-electron chi connectivity index (χ4n) is 2.47. The van der Waals surface area contributed by atoms with Gasteiger partial charge in [-0.2, -0.15) is 13.2 Å². The highest BCUT2D eigenvalue weighted by molar-refractivity contribution is 5.81. The Hall–Kier alpha value is -1.83. The maximum atomic E-state index is 14.3. The van der Waals surface area contributed by atoms with Crippen molar-refractivity contribution in [2.75, 3.05) is 13.7 Å². The van der Waals surface area contributed by atoms with Gasteiger partial charge >= 0.3 is 12.1 Å². The van der Waals surface area contributed by atoms with Gasteiger partial charge in [0.05, 0.1) is 13.7 Å². The number of halogens is 4. The van der Waals surface area contributed by atoms with E-state index in [4.69, 9.17) is 4.74 Å². The van der Waals surface area contributed by atoms with Crippen molar-refractivity contribution in [1.29, 1.82) is 0 Å². The van der Waals surface area contributed by atoms with Gasteiger partial charge in [0.1, 0.15) is 0 Å². The molecular weight excluding hydrogens is 332 g/mol. The van der Waals surface area contributed by atoms with Gasteiger partial charge in [0.2, 0.25) is 0 Å². The molecule has 1 aromatic carbocycles. The van der Waals surface area contributed by atoms with Crippen LogP contribution in [0.2, 0.25) is 0 Å². The average Bonchev–Trinajstić information content (AvgIpc) is 2.52. The average molecular weight is 352 g/mol. The van der Waals surface area contributed by atoms with Crippen LogP contribution in [0, 0.1) is 11.7 Å². The molecule has 0 saturated carbocycles. The van der Waals surface area contributed by atoms with E-state index < -0.39 is 35.4 Å². The van der Waals surface area contributed by atoms with E-state index in [2.05, 4.69) is 4.74 Å². The summed E-state index contributed by atoms with van der Waals surface area (Å²) >= 11 is 0. The molecule has 4 nitrogen and oxygen atoms in total. The fraction of sp³-hybridized carbons (Fsp3) is 0.562. The zero-order valence-electron chi connectivity index (χ0n) is 13.8. The second kappa shape index (κ2) is 7.38. The molecule has 0 aliphatic heterocycles. The smallest absolute Gasteiger partial charge is 0.428 e. The first-order valence-corrected chi connectivity index (χ1v) is 7.31. The molecule has 0 aromatic heterocycles. The summed E-state index contributed by atoms with van der Waals surface area (Å²) in [5.41, 5.74) is -3.85. The number of hydrogen-bond donors (Lipinski definition) is 1. The number of methoxy groups -OCH3 is 1. The normalized spacial score (nSPS) is 16.9. The van der Waals surface area contributed by atoms with Crippen LogP contribution in [0.4, 0.5) is 17.6 Å². The number of esters is 1. The van der Waals surface area contributed by atoms with Crippen LogP contribution in [-0.2, 0) is 9.53 Å². The Balaban J connectivity index is 3.34. The van der Waals surface area contributed by atoms with E-state index in [9.17, 15) is 27.5 Å². The molecule has 0 aliphatic carbocycles. The Labute approximate surface area is 137 Å². The Morgan fingerprint density at radius 3 is 2.33 bits per heavy atom. The molecule has 0 radical (unpaired) electrons. The third-order valence-electron chi connectivity index (χ3n) is 4.13. The van der Waals surface area contributed by atoms with E-state index in [-0.39, 0.29) is 17.9 Å². The first-order chi connectivity index (χ1) is 11.0. The minimum absolute atomic E-state index is 0.103. The summed E-state index contributed by atoms with van der Waals surface area (Å²) < 4.78 is 63.6. The van der Waals surface area contributed by atoms with E-state index in [0.29, 0.717) is 0 Å². The molecule has 0 spiro atoms. The van der Waals surface area contributed by atoms with Crippen LogP contribution in [0.5, 0.6) is 5.75 Å². The minimum atomic E-state index is -5.28. The van der Waals surface area contributed by atoms with Crippen LogP contribution in [0.15, 0.2) is 18.2 Å². The second-order valence-electron chi connectivity index (χ2n) is 5.43. The van der Waals surface area contributed by atoms with Crippen molar-refractivity contribution in [3.63, 3.8) is 0 Å². The first-order valence-electron chi connectivity index (χ1n) is 7.31. The van der Waals surface area contributed by atoms with Crippen LogP contribution in [0.25, 0.3) is 0 Å². The highest BCUT2D eigenvalue weighted by Gasteiger charge is 2.65. The van der Waals surface area contributed by atoms with Crippen molar-refractivity contribution in [2.45, 2.75) is 38.5 Å². The Morgan fingerprint density at radius 2 is 1.88 bits per heavy atom. The first kappa shape index (κ1) is 20.2. The maximum absolute atomic E-state index is 14.3. The summed E-state index contributed by atoms with van der Waals surface area (Å²) in [6.45, 7) is 3.31. The molecule has 1 aromatic rings.